The van der Waals surface area contributed by atoms with Gasteiger partial charge in [-0.2, -0.15) is 4.31 Å². The maximum Gasteiger partial charge on any atom is 0.243 e. The average molecular weight is 253 g/mol. The smallest absolute Gasteiger partial charge is 0.207 e. The van der Waals surface area contributed by atoms with Crippen molar-refractivity contribution in [2.24, 2.45) is 0 Å². The highest BCUT2D eigenvalue weighted by Crippen LogP contribution is 2.27. The summed E-state index contributed by atoms with van der Waals surface area (Å²) in [5, 5.41) is 0. The minimum atomic E-state index is -3.29. The van der Waals surface area contributed by atoms with Gasteiger partial charge in [0.2, 0.25) is 10.0 Å². The summed E-state index contributed by atoms with van der Waals surface area (Å²) in [5.41, 5.74) is 0.985. The van der Waals surface area contributed by atoms with Gasteiger partial charge in [0.1, 0.15) is 0 Å². The summed E-state index contributed by atoms with van der Waals surface area (Å²) >= 11 is 0. The molecule has 2 rings (SSSR count). The van der Waals surface area contributed by atoms with Gasteiger partial charge >= 0.3 is 0 Å². The van der Waals surface area contributed by atoms with Gasteiger partial charge in [0.25, 0.3) is 0 Å². The molecule has 0 N–H and O–H groups in total. The molecule has 0 bridgehead atoms. The first kappa shape index (κ1) is 12.6. The van der Waals surface area contributed by atoms with E-state index in [1.165, 1.54) is 0 Å². The predicted molar refractivity (Wildman–Crippen MR) is 68.4 cm³/mol. The Kier molecular flexibility index (Phi) is 3.54. The van der Waals surface area contributed by atoms with Crippen LogP contribution >= 0.6 is 0 Å². The number of nitrogens with zero attached hydrogens (tertiary/aromatic N) is 1. The Morgan fingerprint density at radius 2 is 2.18 bits per heavy atom. The number of hydrogen-bond acceptors (Lipinski definition) is 2. The quantitative estimate of drug-likeness (QED) is 0.830. The highest BCUT2D eigenvalue weighted by atomic mass is 32.2. The molecular weight excluding hydrogens is 234 g/mol. The Labute approximate surface area is 104 Å². The van der Waals surface area contributed by atoms with E-state index in [0.29, 0.717) is 11.4 Å². The van der Waals surface area contributed by atoms with Crippen molar-refractivity contribution in [2.45, 2.75) is 44.0 Å². The van der Waals surface area contributed by atoms with Crippen LogP contribution in [-0.4, -0.2) is 25.3 Å². The normalized spacial score (nSPS) is 21.9. The van der Waals surface area contributed by atoms with Gasteiger partial charge in [-0.05, 0) is 43.9 Å². The van der Waals surface area contributed by atoms with E-state index in [-0.39, 0.29) is 6.04 Å². The summed E-state index contributed by atoms with van der Waals surface area (Å²) in [5.74, 6) is 0. The van der Waals surface area contributed by atoms with E-state index in [9.17, 15) is 8.42 Å². The summed E-state index contributed by atoms with van der Waals surface area (Å²) < 4.78 is 26.6. The standard InChI is InChI=1S/C13H19NO2S/c1-3-12-7-5-9-14(12)17(15,16)13-8-4-6-11(2)10-13/h4,6,8,10,12H,3,5,7,9H2,1-2H3. The Bertz CT molecular complexity index is 496. The van der Waals surface area contributed by atoms with Crippen LogP contribution in [0.3, 0.4) is 0 Å². The van der Waals surface area contributed by atoms with Crippen LogP contribution in [-0.2, 0) is 10.0 Å². The van der Waals surface area contributed by atoms with Crippen LogP contribution in [0, 0.1) is 6.92 Å². The van der Waals surface area contributed by atoms with Gasteiger partial charge in [0, 0.05) is 12.6 Å². The first-order valence-electron chi connectivity index (χ1n) is 6.14. The van der Waals surface area contributed by atoms with E-state index in [2.05, 4.69) is 6.92 Å². The van der Waals surface area contributed by atoms with Crippen molar-refractivity contribution < 1.29 is 8.42 Å². The van der Waals surface area contributed by atoms with Crippen molar-refractivity contribution in [1.29, 1.82) is 0 Å². The zero-order chi connectivity index (χ0) is 12.5. The third-order valence-corrected chi connectivity index (χ3v) is 5.34. The van der Waals surface area contributed by atoms with Crippen molar-refractivity contribution in [3.05, 3.63) is 29.8 Å². The lowest BCUT2D eigenvalue weighted by Gasteiger charge is -2.23. The lowest BCUT2D eigenvalue weighted by atomic mass is 10.2. The fourth-order valence-corrected chi connectivity index (χ4v) is 4.32. The number of hydrogen-bond donors (Lipinski definition) is 0. The van der Waals surface area contributed by atoms with Gasteiger partial charge in [-0.15, -0.1) is 0 Å². The molecule has 1 fully saturated rings. The third kappa shape index (κ3) is 2.38. The Morgan fingerprint density at radius 1 is 1.41 bits per heavy atom. The maximum absolute atomic E-state index is 12.5. The summed E-state index contributed by atoms with van der Waals surface area (Å²) in [6, 6.07) is 7.34. The number of benzene rings is 1. The zero-order valence-corrected chi connectivity index (χ0v) is 11.2. The third-order valence-electron chi connectivity index (χ3n) is 3.39. The number of aryl methyl sites for hydroxylation is 1. The average Bonchev–Trinajstić information content (AvgIpc) is 2.77. The first-order valence-corrected chi connectivity index (χ1v) is 7.58. The second-order valence-electron chi connectivity index (χ2n) is 4.64. The maximum atomic E-state index is 12.5. The minimum absolute atomic E-state index is 0.181. The largest absolute Gasteiger partial charge is 0.243 e. The van der Waals surface area contributed by atoms with Gasteiger partial charge in [-0.1, -0.05) is 19.1 Å². The second-order valence-corrected chi connectivity index (χ2v) is 6.53. The highest BCUT2D eigenvalue weighted by molar-refractivity contribution is 7.89. The molecule has 3 nitrogen and oxygen atoms in total. The van der Waals surface area contributed by atoms with Crippen molar-refractivity contribution >= 4 is 10.0 Å². The van der Waals surface area contributed by atoms with E-state index in [1.807, 2.05) is 13.0 Å². The number of sulfonamides is 1. The molecule has 0 amide bonds. The molecule has 0 aliphatic carbocycles. The lowest BCUT2D eigenvalue weighted by molar-refractivity contribution is 0.379. The van der Waals surface area contributed by atoms with Crippen LogP contribution in [0.15, 0.2) is 29.2 Å². The van der Waals surface area contributed by atoms with Crippen molar-refractivity contribution in [2.75, 3.05) is 6.54 Å². The zero-order valence-electron chi connectivity index (χ0n) is 10.4. The molecule has 0 saturated carbocycles. The summed E-state index contributed by atoms with van der Waals surface area (Å²) in [6.45, 7) is 4.63. The van der Waals surface area contributed by atoms with E-state index in [1.54, 1.807) is 22.5 Å². The van der Waals surface area contributed by atoms with Crippen molar-refractivity contribution in [1.82, 2.24) is 4.31 Å². The molecule has 1 aromatic rings. The predicted octanol–water partition coefficient (Wildman–Crippen LogP) is 2.56. The minimum Gasteiger partial charge on any atom is -0.207 e. The molecule has 1 aromatic carbocycles. The number of rotatable bonds is 3. The molecular formula is C13H19NO2S. The van der Waals surface area contributed by atoms with Crippen LogP contribution in [0.1, 0.15) is 31.7 Å². The fraction of sp³-hybridized carbons (Fsp3) is 0.538. The lowest BCUT2D eigenvalue weighted by Crippen LogP contribution is -2.35. The van der Waals surface area contributed by atoms with Gasteiger partial charge < -0.3 is 0 Å². The van der Waals surface area contributed by atoms with Crippen LogP contribution < -0.4 is 0 Å². The molecule has 17 heavy (non-hydrogen) atoms. The van der Waals surface area contributed by atoms with E-state index in [4.69, 9.17) is 0 Å². The molecule has 1 aliphatic rings. The molecule has 1 heterocycles. The van der Waals surface area contributed by atoms with Crippen LogP contribution in [0.5, 0.6) is 0 Å². The molecule has 0 radical (unpaired) electrons. The molecule has 1 unspecified atom stereocenters. The van der Waals surface area contributed by atoms with Gasteiger partial charge in [-0.25, -0.2) is 8.42 Å². The van der Waals surface area contributed by atoms with Crippen LogP contribution in [0.2, 0.25) is 0 Å². The SMILES string of the molecule is CCC1CCCN1S(=O)(=O)c1cccc(C)c1. The molecule has 1 saturated heterocycles. The van der Waals surface area contributed by atoms with E-state index in [0.717, 1.165) is 24.8 Å². The monoisotopic (exact) mass is 253 g/mol. The van der Waals surface area contributed by atoms with Crippen LogP contribution in [0.4, 0.5) is 0 Å². The summed E-state index contributed by atoms with van der Waals surface area (Å²) in [6.07, 6.45) is 2.86. The van der Waals surface area contributed by atoms with Crippen molar-refractivity contribution in [3.8, 4) is 0 Å². The summed E-state index contributed by atoms with van der Waals surface area (Å²) in [4.78, 5) is 0.429. The molecule has 0 spiro atoms. The van der Waals surface area contributed by atoms with Gasteiger partial charge in [0.15, 0.2) is 0 Å². The Balaban J connectivity index is 2.36. The topological polar surface area (TPSA) is 37.4 Å². The Hall–Kier alpha value is -0.870. The summed E-state index contributed by atoms with van der Waals surface area (Å²) in [7, 11) is -3.29. The molecule has 94 valence electrons. The van der Waals surface area contributed by atoms with E-state index >= 15 is 0 Å². The van der Waals surface area contributed by atoms with Crippen LogP contribution in [0.25, 0.3) is 0 Å². The second kappa shape index (κ2) is 4.78. The van der Waals surface area contributed by atoms with Gasteiger partial charge in [0.05, 0.1) is 4.90 Å². The molecule has 4 heteroatoms. The van der Waals surface area contributed by atoms with Gasteiger partial charge in [-0.3, -0.25) is 0 Å². The molecule has 1 atom stereocenters. The molecule has 1 aliphatic heterocycles. The van der Waals surface area contributed by atoms with E-state index < -0.39 is 10.0 Å². The van der Waals surface area contributed by atoms with Crippen molar-refractivity contribution in [3.63, 3.8) is 0 Å². The fourth-order valence-electron chi connectivity index (χ4n) is 2.44. The molecule has 0 aromatic heterocycles. The highest BCUT2D eigenvalue weighted by Gasteiger charge is 2.33. The Morgan fingerprint density at radius 3 is 2.82 bits per heavy atom. The first-order chi connectivity index (χ1) is 8.05.